The third kappa shape index (κ3) is 3.20. The number of thiazole rings is 1. The van der Waals surface area contributed by atoms with E-state index in [0.29, 0.717) is 0 Å². The first-order chi connectivity index (χ1) is 8.97. The van der Waals surface area contributed by atoms with Crippen LogP contribution in [-0.4, -0.2) is 16.1 Å². The van der Waals surface area contributed by atoms with Crippen LogP contribution >= 0.6 is 11.3 Å². The first kappa shape index (κ1) is 13.7. The second kappa shape index (κ2) is 5.53. The largest absolute Gasteiger partial charge is 0.481 e. The van der Waals surface area contributed by atoms with Gasteiger partial charge >= 0.3 is 5.97 Å². The summed E-state index contributed by atoms with van der Waals surface area (Å²) in [5.41, 5.74) is 3.16. The summed E-state index contributed by atoms with van der Waals surface area (Å²) in [6.45, 7) is 6.12. The van der Waals surface area contributed by atoms with Crippen molar-refractivity contribution in [2.24, 2.45) is 0 Å². The van der Waals surface area contributed by atoms with Gasteiger partial charge in [0.2, 0.25) is 0 Å². The molecule has 2 aromatic rings. The highest BCUT2D eigenvalue weighted by Crippen LogP contribution is 2.32. The van der Waals surface area contributed by atoms with E-state index in [1.54, 1.807) is 0 Å². The summed E-state index contributed by atoms with van der Waals surface area (Å²) in [4.78, 5) is 16.4. The number of carboxylic acids is 1. The van der Waals surface area contributed by atoms with E-state index in [2.05, 4.69) is 4.98 Å². The maximum Gasteiger partial charge on any atom is 0.308 e. The van der Waals surface area contributed by atoms with E-state index >= 15 is 0 Å². The highest BCUT2D eigenvalue weighted by Gasteiger charge is 2.17. The molecule has 0 saturated carbocycles. The Morgan fingerprint density at radius 1 is 1.32 bits per heavy atom. The Morgan fingerprint density at radius 3 is 2.47 bits per heavy atom. The van der Waals surface area contributed by atoms with E-state index in [-0.39, 0.29) is 12.3 Å². The monoisotopic (exact) mass is 275 g/mol. The van der Waals surface area contributed by atoms with Gasteiger partial charge in [0, 0.05) is 10.4 Å². The molecule has 0 fully saturated rings. The Balaban J connectivity index is 2.42. The molecule has 1 N–H and O–H groups in total. The van der Waals surface area contributed by atoms with Crippen molar-refractivity contribution in [2.75, 3.05) is 0 Å². The minimum atomic E-state index is -0.805. The smallest absolute Gasteiger partial charge is 0.308 e. The number of aliphatic carboxylic acids is 1. The Hall–Kier alpha value is -1.68. The zero-order valence-corrected chi connectivity index (χ0v) is 12.1. The first-order valence-electron chi connectivity index (χ1n) is 6.26. The van der Waals surface area contributed by atoms with E-state index in [1.807, 2.05) is 45.0 Å². The summed E-state index contributed by atoms with van der Waals surface area (Å²) in [7, 11) is 0. The number of carboxylic acid groups (broad SMARTS) is 1. The maximum absolute atomic E-state index is 10.9. The minimum absolute atomic E-state index is 0.0526. The van der Waals surface area contributed by atoms with Gasteiger partial charge in [-0.3, -0.25) is 4.79 Å². The molecule has 0 spiro atoms. The second-order valence-electron chi connectivity index (χ2n) is 4.92. The van der Waals surface area contributed by atoms with Crippen LogP contribution in [0.2, 0.25) is 0 Å². The summed E-state index contributed by atoms with van der Waals surface area (Å²) in [5.74, 6) is -0.564. The van der Waals surface area contributed by atoms with Crippen LogP contribution in [-0.2, 0) is 11.2 Å². The Labute approximate surface area is 116 Å². The van der Waals surface area contributed by atoms with Gasteiger partial charge in [-0.2, -0.15) is 0 Å². The van der Waals surface area contributed by atoms with Crippen LogP contribution in [0.1, 0.15) is 35.9 Å². The lowest BCUT2D eigenvalue weighted by atomic mass is 10.1. The Kier molecular flexibility index (Phi) is 4.00. The average molecular weight is 275 g/mol. The van der Waals surface area contributed by atoms with Crippen molar-refractivity contribution in [3.05, 3.63) is 40.4 Å². The van der Waals surface area contributed by atoms with Gasteiger partial charge in [-0.05, 0) is 12.8 Å². The molecule has 0 unspecified atom stereocenters. The van der Waals surface area contributed by atoms with Gasteiger partial charge in [-0.15, -0.1) is 11.3 Å². The number of hydrogen-bond acceptors (Lipinski definition) is 3. The third-order valence-electron chi connectivity index (χ3n) is 2.88. The van der Waals surface area contributed by atoms with Gasteiger partial charge < -0.3 is 5.11 Å². The summed E-state index contributed by atoms with van der Waals surface area (Å²) in [6, 6.07) is 8.15. The number of hydrogen-bond donors (Lipinski definition) is 1. The highest BCUT2D eigenvalue weighted by molar-refractivity contribution is 7.15. The van der Waals surface area contributed by atoms with Crippen LogP contribution in [0.3, 0.4) is 0 Å². The molecule has 1 aromatic carbocycles. The standard InChI is InChI=1S/C15H17NO2S/c1-9(2)14-12(8-13(17)18)19-15(16-14)11-6-4-10(3)5-7-11/h4-7,9H,8H2,1-3H3,(H,17,18). The van der Waals surface area contributed by atoms with E-state index in [1.165, 1.54) is 16.9 Å². The molecule has 0 aliphatic rings. The molecule has 0 atom stereocenters. The Bertz CT molecular complexity index is 585. The number of aryl methyl sites for hydroxylation is 1. The minimum Gasteiger partial charge on any atom is -0.481 e. The molecule has 0 aliphatic carbocycles. The molecule has 0 aliphatic heterocycles. The van der Waals surface area contributed by atoms with Crippen LogP contribution < -0.4 is 0 Å². The van der Waals surface area contributed by atoms with Crippen molar-refractivity contribution in [3.63, 3.8) is 0 Å². The molecule has 0 radical (unpaired) electrons. The molecule has 0 saturated heterocycles. The van der Waals surface area contributed by atoms with Crippen LogP contribution in [0.15, 0.2) is 24.3 Å². The molecule has 1 aromatic heterocycles. The fraction of sp³-hybridized carbons (Fsp3) is 0.333. The quantitative estimate of drug-likeness (QED) is 0.921. The zero-order valence-electron chi connectivity index (χ0n) is 11.3. The molecule has 19 heavy (non-hydrogen) atoms. The average Bonchev–Trinajstić information content (AvgIpc) is 2.73. The predicted octanol–water partition coefficient (Wildman–Crippen LogP) is 3.87. The van der Waals surface area contributed by atoms with Crippen LogP contribution in [0.25, 0.3) is 10.6 Å². The molecule has 0 amide bonds. The lowest BCUT2D eigenvalue weighted by molar-refractivity contribution is -0.136. The summed E-state index contributed by atoms with van der Waals surface area (Å²) < 4.78 is 0. The van der Waals surface area contributed by atoms with Crippen molar-refractivity contribution < 1.29 is 9.90 Å². The fourth-order valence-electron chi connectivity index (χ4n) is 1.90. The molecular weight excluding hydrogens is 258 g/mol. The number of nitrogens with zero attached hydrogens (tertiary/aromatic N) is 1. The Morgan fingerprint density at radius 2 is 1.95 bits per heavy atom. The summed E-state index contributed by atoms with van der Waals surface area (Å²) in [6.07, 6.45) is 0.0526. The van der Waals surface area contributed by atoms with Crippen molar-refractivity contribution in [3.8, 4) is 10.6 Å². The first-order valence-corrected chi connectivity index (χ1v) is 7.07. The SMILES string of the molecule is Cc1ccc(-c2nc(C(C)C)c(CC(=O)O)s2)cc1. The van der Waals surface area contributed by atoms with Crippen molar-refractivity contribution >= 4 is 17.3 Å². The van der Waals surface area contributed by atoms with Gasteiger partial charge in [-0.1, -0.05) is 43.7 Å². The normalized spacial score (nSPS) is 10.9. The van der Waals surface area contributed by atoms with Crippen LogP contribution in [0.4, 0.5) is 0 Å². The number of carbonyl (C=O) groups is 1. The topological polar surface area (TPSA) is 50.2 Å². The van der Waals surface area contributed by atoms with Crippen LogP contribution in [0, 0.1) is 6.92 Å². The predicted molar refractivity (Wildman–Crippen MR) is 77.7 cm³/mol. The fourth-order valence-corrected chi connectivity index (χ4v) is 3.11. The van der Waals surface area contributed by atoms with Gasteiger partial charge in [-0.25, -0.2) is 4.98 Å². The second-order valence-corrected chi connectivity index (χ2v) is 6.00. The van der Waals surface area contributed by atoms with E-state index in [4.69, 9.17) is 5.11 Å². The molecule has 3 nitrogen and oxygen atoms in total. The molecule has 2 rings (SSSR count). The van der Waals surface area contributed by atoms with E-state index in [0.717, 1.165) is 21.1 Å². The molecular formula is C15H17NO2S. The van der Waals surface area contributed by atoms with Gasteiger partial charge in [0.15, 0.2) is 0 Å². The molecule has 100 valence electrons. The van der Waals surface area contributed by atoms with Gasteiger partial charge in [0.25, 0.3) is 0 Å². The molecule has 4 heteroatoms. The number of benzene rings is 1. The molecule has 0 bridgehead atoms. The summed E-state index contributed by atoms with van der Waals surface area (Å²) >= 11 is 1.48. The van der Waals surface area contributed by atoms with Gasteiger partial charge in [0.1, 0.15) is 5.01 Å². The number of aromatic nitrogens is 1. The lowest BCUT2D eigenvalue weighted by Crippen LogP contribution is -2.02. The highest BCUT2D eigenvalue weighted by atomic mass is 32.1. The zero-order chi connectivity index (χ0) is 14.0. The van der Waals surface area contributed by atoms with Crippen molar-refractivity contribution in [1.29, 1.82) is 0 Å². The molecule has 1 heterocycles. The maximum atomic E-state index is 10.9. The number of rotatable bonds is 4. The van der Waals surface area contributed by atoms with E-state index in [9.17, 15) is 4.79 Å². The lowest BCUT2D eigenvalue weighted by Gasteiger charge is -2.02. The third-order valence-corrected chi connectivity index (χ3v) is 4.00. The van der Waals surface area contributed by atoms with Crippen molar-refractivity contribution in [1.82, 2.24) is 4.98 Å². The van der Waals surface area contributed by atoms with Crippen molar-refractivity contribution in [2.45, 2.75) is 33.1 Å². The summed E-state index contributed by atoms with van der Waals surface area (Å²) in [5, 5.41) is 9.87. The van der Waals surface area contributed by atoms with E-state index < -0.39 is 5.97 Å². The van der Waals surface area contributed by atoms with Gasteiger partial charge in [0.05, 0.1) is 12.1 Å². The van der Waals surface area contributed by atoms with Crippen LogP contribution in [0.5, 0.6) is 0 Å².